The standard InChI is InChI=1S/C21H28N2O3/c24-19(22-18-9-3-6-15-5-1-2-8-17(15)18)10-12-23-13-16-7-4-11-21(16,14-23)20(25)26/h1-2,5,8,16,18H,3-4,6-7,9-14H2,(H,22,24)(H,25,26)/t16-,18?,21+/m0/s1. The summed E-state index contributed by atoms with van der Waals surface area (Å²) < 4.78 is 0. The van der Waals surface area contributed by atoms with Crippen LogP contribution in [0.25, 0.3) is 0 Å². The van der Waals surface area contributed by atoms with Crippen LogP contribution in [0, 0.1) is 11.3 Å². The van der Waals surface area contributed by atoms with Crippen LogP contribution in [0.2, 0.25) is 0 Å². The Labute approximate surface area is 154 Å². The lowest BCUT2D eigenvalue weighted by atomic mass is 9.81. The zero-order valence-corrected chi connectivity index (χ0v) is 15.2. The van der Waals surface area contributed by atoms with E-state index >= 15 is 0 Å². The molecule has 2 aliphatic carbocycles. The van der Waals surface area contributed by atoms with Crippen molar-refractivity contribution < 1.29 is 14.7 Å². The van der Waals surface area contributed by atoms with Crippen LogP contribution in [-0.4, -0.2) is 41.5 Å². The van der Waals surface area contributed by atoms with Crippen molar-refractivity contribution in [3.63, 3.8) is 0 Å². The average Bonchev–Trinajstić information content (AvgIpc) is 3.18. The van der Waals surface area contributed by atoms with Crippen molar-refractivity contribution in [1.29, 1.82) is 0 Å². The Morgan fingerprint density at radius 1 is 1.23 bits per heavy atom. The summed E-state index contributed by atoms with van der Waals surface area (Å²) in [6, 6.07) is 8.50. The second-order valence-corrected chi connectivity index (χ2v) is 8.25. The molecule has 3 atom stereocenters. The highest BCUT2D eigenvalue weighted by Gasteiger charge is 2.54. The summed E-state index contributed by atoms with van der Waals surface area (Å²) >= 11 is 0. The molecule has 2 fully saturated rings. The first-order valence-electron chi connectivity index (χ1n) is 9.91. The van der Waals surface area contributed by atoms with Crippen molar-refractivity contribution in [3.8, 4) is 0 Å². The molecule has 0 radical (unpaired) electrons. The average molecular weight is 356 g/mol. The van der Waals surface area contributed by atoms with Gasteiger partial charge in [-0.1, -0.05) is 30.7 Å². The number of nitrogens with one attached hydrogen (secondary N) is 1. The molecule has 0 spiro atoms. The molecule has 1 saturated heterocycles. The summed E-state index contributed by atoms with van der Waals surface area (Å²) in [7, 11) is 0. The Morgan fingerprint density at radius 3 is 2.88 bits per heavy atom. The normalized spacial score (nSPS) is 30.6. The van der Waals surface area contributed by atoms with Gasteiger partial charge >= 0.3 is 5.97 Å². The van der Waals surface area contributed by atoms with Gasteiger partial charge in [-0.15, -0.1) is 0 Å². The zero-order valence-electron chi connectivity index (χ0n) is 15.2. The Hall–Kier alpha value is -1.88. The van der Waals surface area contributed by atoms with Crippen LogP contribution in [0.4, 0.5) is 0 Å². The van der Waals surface area contributed by atoms with E-state index in [4.69, 9.17) is 0 Å². The third kappa shape index (κ3) is 3.13. The highest BCUT2D eigenvalue weighted by molar-refractivity contribution is 5.77. The molecule has 1 aliphatic heterocycles. The quantitative estimate of drug-likeness (QED) is 0.851. The van der Waals surface area contributed by atoms with Gasteiger partial charge in [0.2, 0.25) is 5.91 Å². The summed E-state index contributed by atoms with van der Waals surface area (Å²) in [5.41, 5.74) is 2.05. The van der Waals surface area contributed by atoms with E-state index in [1.807, 2.05) is 6.07 Å². The number of hydrogen-bond acceptors (Lipinski definition) is 3. The van der Waals surface area contributed by atoms with Crippen LogP contribution in [0.3, 0.4) is 0 Å². The van der Waals surface area contributed by atoms with E-state index in [1.165, 1.54) is 11.1 Å². The molecule has 2 N–H and O–H groups in total. The molecule has 1 aromatic carbocycles. The minimum Gasteiger partial charge on any atom is -0.481 e. The number of carbonyl (C=O) groups is 2. The maximum Gasteiger partial charge on any atom is 0.311 e. The summed E-state index contributed by atoms with van der Waals surface area (Å²) in [5, 5.41) is 12.9. The molecule has 1 unspecified atom stereocenters. The maximum absolute atomic E-state index is 12.5. The molecular formula is C21H28N2O3. The van der Waals surface area contributed by atoms with Crippen molar-refractivity contribution in [2.45, 2.75) is 51.0 Å². The number of hydrogen-bond donors (Lipinski definition) is 2. The van der Waals surface area contributed by atoms with Gasteiger partial charge in [-0.05, 0) is 49.1 Å². The Balaban J connectivity index is 1.31. The van der Waals surface area contributed by atoms with E-state index in [1.54, 1.807) is 0 Å². The van der Waals surface area contributed by atoms with Gasteiger partial charge in [0.05, 0.1) is 11.5 Å². The van der Waals surface area contributed by atoms with E-state index in [0.29, 0.717) is 19.5 Å². The number of aliphatic carboxylic acids is 1. The molecule has 3 aliphatic rings. The highest BCUT2D eigenvalue weighted by Crippen LogP contribution is 2.48. The lowest BCUT2D eigenvalue weighted by Crippen LogP contribution is -2.37. The van der Waals surface area contributed by atoms with Crippen molar-refractivity contribution in [1.82, 2.24) is 10.2 Å². The van der Waals surface area contributed by atoms with Crippen molar-refractivity contribution in [2.75, 3.05) is 19.6 Å². The Bertz CT molecular complexity index is 704. The molecule has 1 heterocycles. The second kappa shape index (κ2) is 7.03. The van der Waals surface area contributed by atoms with Gasteiger partial charge in [-0.25, -0.2) is 0 Å². The maximum atomic E-state index is 12.5. The highest BCUT2D eigenvalue weighted by atomic mass is 16.4. The van der Waals surface area contributed by atoms with Gasteiger partial charge in [0, 0.05) is 26.1 Å². The van der Waals surface area contributed by atoms with E-state index in [9.17, 15) is 14.7 Å². The molecule has 0 aromatic heterocycles. The van der Waals surface area contributed by atoms with Crippen LogP contribution < -0.4 is 5.32 Å². The second-order valence-electron chi connectivity index (χ2n) is 8.25. The third-order valence-electron chi connectivity index (χ3n) is 6.73. The first kappa shape index (κ1) is 17.5. The van der Waals surface area contributed by atoms with Crippen molar-refractivity contribution in [3.05, 3.63) is 35.4 Å². The lowest BCUT2D eigenvalue weighted by molar-refractivity contribution is -0.149. The zero-order chi connectivity index (χ0) is 18.1. The molecule has 140 valence electrons. The topological polar surface area (TPSA) is 69.6 Å². The molecule has 1 amide bonds. The van der Waals surface area contributed by atoms with Gasteiger partial charge < -0.3 is 15.3 Å². The van der Waals surface area contributed by atoms with Crippen molar-refractivity contribution >= 4 is 11.9 Å². The number of likely N-dealkylation sites (tertiary alicyclic amines) is 1. The molecule has 1 aromatic rings. The number of benzene rings is 1. The molecule has 4 rings (SSSR count). The summed E-state index contributed by atoms with van der Waals surface area (Å²) in [6.45, 7) is 2.09. The first-order valence-corrected chi connectivity index (χ1v) is 9.91. The fourth-order valence-corrected chi connectivity index (χ4v) is 5.34. The van der Waals surface area contributed by atoms with E-state index in [-0.39, 0.29) is 17.9 Å². The van der Waals surface area contributed by atoms with E-state index < -0.39 is 11.4 Å². The number of carboxylic acids is 1. The number of aryl methyl sites for hydroxylation is 1. The van der Waals surface area contributed by atoms with E-state index in [0.717, 1.165) is 45.1 Å². The Morgan fingerprint density at radius 2 is 2.08 bits per heavy atom. The summed E-state index contributed by atoms with van der Waals surface area (Å²) in [6.07, 6.45) is 6.46. The molecule has 26 heavy (non-hydrogen) atoms. The molecule has 5 heteroatoms. The monoisotopic (exact) mass is 356 g/mol. The van der Waals surface area contributed by atoms with Crippen LogP contribution in [0.5, 0.6) is 0 Å². The predicted octanol–water partition coefficient (Wildman–Crippen LogP) is 2.76. The van der Waals surface area contributed by atoms with Gasteiger partial charge in [0.25, 0.3) is 0 Å². The van der Waals surface area contributed by atoms with Crippen LogP contribution >= 0.6 is 0 Å². The SMILES string of the molecule is O=C(CCN1C[C@@H]2CCC[C@@]2(C(=O)O)C1)NC1CCCc2ccccc21. The number of amides is 1. The summed E-state index contributed by atoms with van der Waals surface area (Å²) in [5.74, 6) is -0.313. The molecular weight excluding hydrogens is 328 g/mol. The number of nitrogens with zero attached hydrogens (tertiary/aromatic N) is 1. The smallest absolute Gasteiger partial charge is 0.311 e. The number of rotatable bonds is 5. The largest absolute Gasteiger partial charge is 0.481 e. The first-order chi connectivity index (χ1) is 12.6. The fraction of sp³-hybridized carbons (Fsp3) is 0.619. The minimum absolute atomic E-state index is 0.0770. The lowest BCUT2D eigenvalue weighted by Gasteiger charge is -2.27. The van der Waals surface area contributed by atoms with Crippen LogP contribution in [-0.2, 0) is 16.0 Å². The van der Waals surface area contributed by atoms with Crippen LogP contribution in [0.1, 0.15) is 55.7 Å². The minimum atomic E-state index is -0.647. The number of carbonyl (C=O) groups excluding carboxylic acids is 1. The van der Waals surface area contributed by atoms with Gasteiger partial charge in [-0.2, -0.15) is 0 Å². The van der Waals surface area contributed by atoms with Gasteiger partial charge in [-0.3, -0.25) is 9.59 Å². The number of carboxylic acid groups (broad SMARTS) is 1. The van der Waals surface area contributed by atoms with Gasteiger partial charge in [0.15, 0.2) is 0 Å². The molecule has 5 nitrogen and oxygen atoms in total. The third-order valence-corrected chi connectivity index (χ3v) is 6.73. The molecule has 0 bridgehead atoms. The molecule has 1 saturated carbocycles. The number of fused-ring (bicyclic) bond motifs is 2. The Kier molecular flexibility index (Phi) is 4.74. The van der Waals surface area contributed by atoms with Gasteiger partial charge in [0.1, 0.15) is 0 Å². The predicted molar refractivity (Wildman–Crippen MR) is 98.7 cm³/mol. The van der Waals surface area contributed by atoms with Crippen LogP contribution in [0.15, 0.2) is 24.3 Å². The van der Waals surface area contributed by atoms with E-state index in [2.05, 4.69) is 28.4 Å². The fourth-order valence-electron chi connectivity index (χ4n) is 5.34. The van der Waals surface area contributed by atoms with Crippen molar-refractivity contribution in [2.24, 2.45) is 11.3 Å². The summed E-state index contributed by atoms with van der Waals surface area (Å²) in [4.78, 5) is 26.4.